The summed E-state index contributed by atoms with van der Waals surface area (Å²) in [5.41, 5.74) is 3.31. The van der Waals surface area contributed by atoms with Crippen molar-refractivity contribution in [1.29, 1.82) is 0 Å². The van der Waals surface area contributed by atoms with Gasteiger partial charge in [0, 0.05) is 19.5 Å². The summed E-state index contributed by atoms with van der Waals surface area (Å²) in [6, 6.07) is 6.48. The molecule has 3 nitrogen and oxygen atoms in total. The number of rotatable bonds is 1. The Kier molecular flexibility index (Phi) is 2.86. The molecule has 0 fully saturated rings. The normalized spacial score (nSPS) is 20.1. The van der Waals surface area contributed by atoms with Gasteiger partial charge in [-0.1, -0.05) is 13.0 Å². The number of anilines is 2. The maximum Gasteiger partial charge on any atom is 0.228 e. The third-order valence-electron chi connectivity index (χ3n) is 3.09. The quantitative estimate of drug-likeness (QED) is 0.785. The fraction of sp³-hybridized carbons (Fsp3) is 0.462. The highest BCUT2D eigenvalue weighted by Crippen LogP contribution is 2.30. The van der Waals surface area contributed by atoms with Gasteiger partial charge in [-0.25, -0.2) is 0 Å². The molecule has 2 rings (SSSR count). The summed E-state index contributed by atoms with van der Waals surface area (Å²) >= 11 is 0. The van der Waals surface area contributed by atoms with Gasteiger partial charge in [0.05, 0.1) is 11.4 Å². The minimum atomic E-state index is 0.173. The summed E-state index contributed by atoms with van der Waals surface area (Å²) in [5, 5.41) is 3.37. The molecule has 0 saturated carbocycles. The predicted molar refractivity (Wildman–Crippen MR) is 66.9 cm³/mol. The minimum Gasteiger partial charge on any atom is -0.380 e. The minimum absolute atomic E-state index is 0.173. The van der Waals surface area contributed by atoms with E-state index >= 15 is 0 Å². The molecule has 1 aliphatic rings. The van der Waals surface area contributed by atoms with Crippen molar-refractivity contribution < 1.29 is 4.79 Å². The zero-order valence-electron chi connectivity index (χ0n) is 10.1. The van der Waals surface area contributed by atoms with Crippen LogP contribution in [0.2, 0.25) is 0 Å². The van der Waals surface area contributed by atoms with Gasteiger partial charge in [0.1, 0.15) is 0 Å². The van der Waals surface area contributed by atoms with Crippen LogP contribution in [0.4, 0.5) is 11.4 Å². The number of nitrogens with zero attached hydrogens (tertiary/aromatic N) is 1. The smallest absolute Gasteiger partial charge is 0.228 e. The Morgan fingerprint density at radius 1 is 1.50 bits per heavy atom. The molecule has 1 aromatic rings. The number of carbonyl (C=O) groups is 1. The van der Waals surface area contributed by atoms with Crippen molar-refractivity contribution in [3.8, 4) is 0 Å². The molecule has 1 N–H and O–H groups in total. The number of aryl methyl sites for hydroxylation is 1. The van der Waals surface area contributed by atoms with Crippen molar-refractivity contribution >= 4 is 17.3 Å². The monoisotopic (exact) mass is 218 g/mol. The van der Waals surface area contributed by atoms with Gasteiger partial charge in [0.2, 0.25) is 5.91 Å². The second-order valence-electron chi connectivity index (χ2n) is 4.41. The SMILES string of the molecule is CCc1ccc2c(c1)N(C)C(=O)CC(C)N2. The number of amides is 1. The van der Waals surface area contributed by atoms with E-state index in [2.05, 4.69) is 30.4 Å². The average Bonchev–Trinajstić information content (AvgIpc) is 2.37. The summed E-state index contributed by atoms with van der Waals surface area (Å²) in [6.45, 7) is 4.16. The van der Waals surface area contributed by atoms with Gasteiger partial charge in [-0.15, -0.1) is 0 Å². The average molecular weight is 218 g/mol. The summed E-state index contributed by atoms with van der Waals surface area (Å²) in [5.74, 6) is 0.173. The third kappa shape index (κ3) is 1.90. The summed E-state index contributed by atoms with van der Waals surface area (Å²) in [6.07, 6.45) is 1.54. The van der Waals surface area contributed by atoms with E-state index in [1.54, 1.807) is 4.90 Å². The van der Waals surface area contributed by atoms with Crippen LogP contribution in [0.25, 0.3) is 0 Å². The Morgan fingerprint density at radius 2 is 2.25 bits per heavy atom. The molecule has 1 aromatic carbocycles. The highest BCUT2D eigenvalue weighted by atomic mass is 16.2. The molecule has 0 spiro atoms. The van der Waals surface area contributed by atoms with Crippen molar-refractivity contribution in [2.45, 2.75) is 32.7 Å². The Balaban J connectivity index is 2.47. The standard InChI is InChI=1S/C13H18N2O/c1-4-10-5-6-11-12(8-10)15(3)13(16)7-9(2)14-11/h5-6,8-9,14H,4,7H2,1-3H3. The number of hydrogen-bond donors (Lipinski definition) is 1. The van der Waals surface area contributed by atoms with Crippen LogP contribution in [0, 0.1) is 0 Å². The van der Waals surface area contributed by atoms with Gasteiger partial charge >= 0.3 is 0 Å². The van der Waals surface area contributed by atoms with Gasteiger partial charge in [0.25, 0.3) is 0 Å². The van der Waals surface area contributed by atoms with E-state index in [9.17, 15) is 4.79 Å². The highest BCUT2D eigenvalue weighted by Gasteiger charge is 2.22. The number of nitrogens with one attached hydrogen (secondary N) is 1. The van der Waals surface area contributed by atoms with Crippen molar-refractivity contribution in [2.75, 3.05) is 17.3 Å². The lowest BCUT2D eigenvalue weighted by Crippen LogP contribution is -2.27. The molecular formula is C13H18N2O. The van der Waals surface area contributed by atoms with E-state index in [0.29, 0.717) is 6.42 Å². The van der Waals surface area contributed by atoms with Crippen LogP contribution in [0.1, 0.15) is 25.8 Å². The fourth-order valence-corrected chi connectivity index (χ4v) is 2.05. The van der Waals surface area contributed by atoms with Crippen molar-refractivity contribution in [3.05, 3.63) is 23.8 Å². The van der Waals surface area contributed by atoms with Crippen molar-refractivity contribution in [2.24, 2.45) is 0 Å². The lowest BCUT2D eigenvalue weighted by molar-refractivity contribution is -0.118. The maximum atomic E-state index is 11.9. The number of fused-ring (bicyclic) bond motifs is 1. The molecule has 86 valence electrons. The van der Waals surface area contributed by atoms with E-state index < -0.39 is 0 Å². The van der Waals surface area contributed by atoms with Crippen LogP contribution < -0.4 is 10.2 Å². The van der Waals surface area contributed by atoms with Gasteiger partial charge < -0.3 is 10.2 Å². The Morgan fingerprint density at radius 3 is 2.94 bits per heavy atom. The molecule has 3 heteroatoms. The summed E-state index contributed by atoms with van der Waals surface area (Å²) < 4.78 is 0. The van der Waals surface area contributed by atoms with E-state index in [0.717, 1.165) is 17.8 Å². The molecule has 1 unspecified atom stereocenters. The first-order valence-corrected chi connectivity index (χ1v) is 5.78. The molecule has 1 aliphatic heterocycles. The van der Waals surface area contributed by atoms with E-state index in [1.165, 1.54) is 5.56 Å². The summed E-state index contributed by atoms with van der Waals surface area (Å²) in [4.78, 5) is 13.6. The van der Waals surface area contributed by atoms with Crippen LogP contribution in [0.5, 0.6) is 0 Å². The van der Waals surface area contributed by atoms with Gasteiger partial charge in [-0.3, -0.25) is 4.79 Å². The van der Waals surface area contributed by atoms with Crippen LogP contribution in [0.15, 0.2) is 18.2 Å². The molecule has 0 saturated heterocycles. The summed E-state index contributed by atoms with van der Waals surface area (Å²) in [7, 11) is 1.85. The molecular weight excluding hydrogens is 200 g/mol. The Labute approximate surface area is 96.5 Å². The zero-order valence-corrected chi connectivity index (χ0v) is 10.1. The molecule has 16 heavy (non-hydrogen) atoms. The van der Waals surface area contributed by atoms with Gasteiger partial charge in [-0.2, -0.15) is 0 Å². The topological polar surface area (TPSA) is 32.3 Å². The van der Waals surface area contributed by atoms with Crippen LogP contribution >= 0.6 is 0 Å². The van der Waals surface area contributed by atoms with E-state index in [1.807, 2.05) is 14.0 Å². The first kappa shape index (κ1) is 11.0. The largest absolute Gasteiger partial charge is 0.380 e. The van der Waals surface area contributed by atoms with Crippen LogP contribution in [-0.4, -0.2) is 19.0 Å². The second-order valence-corrected chi connectivity index (χ2v) is 4.41. The van der Waals surface area contributed by atoms with Crippen LogP contribution in [-0.2, 0) is 11.2 Å². The fourth-order valence-electron chi connectivity index (χ4n) is 2.05. The first-order valence-electron chi connectivity index (χ1n) is 5.78. The number of carbonyl (C=O) groups excluding carboxylic acids is 1. The van der Waals surface area contributed by atoms with E-state index in [4.69, 9.17) is 0 Å². The molecule has 0 aromatic heterocycles. The Hall–Kier alpha value is -1.51. The van der Waals surface area contributed by atoms with Gasteiger partial charge in [0.15, 0.2) is 0 Å². The molecule has 1 heterocycles. The lowest BCUT2D eigenvalue weighted by atomic mass is 10.1. The first-order chi connectivity index (χ1) is 7.61. The van der Waals surface area contributed by atoms with Crippen molar-refractivity contribution in [3.63, 3.8) is 0 Å². The molecule has 1 atom stereocenters. The number of hydrogen-bond acceptors (Lipinski definition) is 2. The predicted octanol–water partition coefficient (Wildman–Crippen LogP) is 2.42. The van der Waals surface area contributed by atoms with Crippen LogP contribution in [0.3, 0.4) is 0 Å². The number of benzene rings is 1. The molecule has 0 aliphatic carbocycles. The lowest BCUT2D eigenvalue weighted by Gasteiger charge is -2.18. The second kappa shape index (κ2) is 4.16. The van der Waals surface area contributed by atoms with Crippen molar-refractivity contribution in [1.82, 2.24) is 0 Å². The molecule has 0 bridgehead atoms. The highest BCUT2D eigenvalue weighted by molar-refractivity contribution is 5.98. The zero-order chi connectivity index (χ0) is 11.7. The molecule has 0 radical (unpaired) electrons. The van der Waals surface area contributed by atoms with E-state index in [-0.39, 0.29) is 11.9 Å². The maximum absolute atomic E-state index is 11.9. The Bertz CT molecular complexity index is 414. The molecule has 1 amide bonds. The van der Waals surface area contributed by atoms with Gasteiger partial charge in [-0.05, 0) is 31.0 Å². The third-order valence-corrected chi connectivity index (χ3v) is 3.09.